The third-order valence-electron chi connectivity index (χ3n) is 3.57. The molecular weight excluding hydrogens is 328 g/mol. The van der Waals surface area contributed by atoms with Crippen molar-refractivity contribution in [3.8, 4) is 10.4 Å². The summed E-state index contributed by atoms with van der Waals surface area (Å²) in [5.74, 6) is 0. The van der Waals surface area contributed by atoms with E-state index in [4.69, 9.17) is 0 Å². The second kappa shape index (κ2) is 6.14. The van der Waals surface area contributed by atoms with E-state index in [-0.39, 0.29) is 4.90 Å². The molecule has 0 atom stereocenters. The second-order valence-corrected chi connectivity index (χ2v) is 7.96. The highest BCUT2D eigenvalue weighted by atomic mass is 32.2. The molecule has 1 N–H and O–H groups in total. The summed E-state index contributed by atoms with van der Waals surface area (Å²) in [7, 11) is -3.62. The van der Waals surface area contributed by atoms with Crippen molar-refractivity contribution in [1.82, 2.24) is 4.98 Å². The van der Waals surface area contributed by atoms with Crippen LogP contribution in [0.15, 0.2) is 59.6 Å². The van der Waals surface area contributed by atoms with Gasteiger partial charge in [0.1, 0.15) is 0 Å². The van der Waals surface area contributed by atoms with Crippen LogP contribution in [0.3, 0.4) is 0 Å². The molecular formula is C17H16N2O2S2. The van der Waals surface area contributed by atoms with Crippen LogP contribution in [-0.4, -0.2) is 13.4 Å². The molecule has 1 heterocycles. The van der Waals surface area contributed by atoms with Gasteiger partial charge in [-0.05, 0) is 42.7 Å². The minimum atomic E-state index is -3.62. The highest BCUT2D eigenvalue weighted by Crippen LogP contribution is 2.30. The molecule has 0 unspecified atom stereocenters. The quantitative estimate of drug-likeness (QED) is 0.770. The van der Waals surface area contributed by atoms with Gasteiger partial charge in [-0.25, -0.2) is 13.4 Å². The van der Waals surface area contributed by atoms with Crippen LogP contribution in [0.5, 0.6) is 0 Å². The van der Waals surface area contributed by atoms with E-state index in [1.165, 1.54) is 11.3 Å². The van der Waals surface area contributed by atoms with Crippen LogP contribution in [0.1, 0.15) is 11.1 Å². The topological polar surface area (TPSA) is 59.1 Å². The van der Waals surface area contributed by atoms with Crippen molar-refractivity contribution in [2.45, 2.75) is 18.7 Å². The molecule has 0 saturated carbocycles. The lowest BCUT2D eigenvalue weighted by atomic mass is 10.1. The van der Waals surface area contributed by atoms with Crippen LogP contribution >= 0.6 is 11.3 Å². The van der Waals surface area contributed by atoms with Crippen molar-refractivity contribution < 1.29 is 8.42 Å². The first-order valence-electron chi connectivity index (χ1n) is 7.07. The van der Waals surface area contributed by atoms with Gasteiger partial charge in [-0.2, -0.15) is 0 Å². The van der Waals surface area contributed by atoms with Gasteiger partial charge in [-0.3, -0.25) is 4.72 Å². The maximum absolute atomic E-state index is 12.5. The summed E-state index contributed by atoms with van der Waals surface area (Å²) in [6, 6.07) is 14.8. The van der Waals surface area contributed by atoms with Crippen molar-refractivity contribution in [2.24, 2.45) is 0 Å². The van der Waals surface area contributed by atoms with Gasteiger partial charge < -0.3 is 0 Å². The molecule has 4 nitrogen and oxygen atoms in total. The molecule has 0 spiro atoms. The molecule has 2 aromatic carbocycles. The van der Waals surface area contributed by atoms with E-state index in [2.05, 4.69) is 9.71 Å². The third kappa shape index (κ3) is 3.43. The van der Waals surface area contributed by atoms with Gasteiger partial charge in [0, 0.05) is 6.20 Å². The lowest BCUT2D eigenvalue weighted by Crippen LogP contribution is -2.13. The lowest BCUT2D eigenvalue weighted by molar-refractivity contribution is 0.601. The number of nitrogens with zero attached hydrogens (tertiary/aromatic N) is 1. The minimum absolute atomic E-state index is 0.247. The average Bonchev–Trinajstić information content (AvgIpc) is 2.98. The summed E-state index contributed by atoms with van der Waals surface area (Å²) < 4.78 is 27.5. The molecule has 0 bridgehead atoms. The predicted octanol–water partition coefficient (Wildman–Crippen LogP) is 4.23. The highest BCUT2D eigenvalue weighted by Gasteiger charge is 2.17. The fourth-order valence-electron chi connectivity index (χ4n) is 2.11. The van der Waals surface area contributed by atoms with E-state index >= 15 is 0 Å². The Morgan fingerprint density at radius 2 is 1.74 bits per heavy atom. The largest absolute Gasteiger partial charge is 0.263 e. The van der Waals surface area contributed by atoms with Crippen LogP contribution in [0.4, 0.5) is 5.13 Å². The molecule has 118 valence electrons. The normalized spacial score (nSPS) is 11.4. The SMILES string of the molecule is Cc1ccc(S(=O)(=O)Nc2ncc(-c3ccccc3)s2)cc1C. The molecule has 0 fully saturated rings. The number of anilines is 1. The lowest BCUT2D eigenvalue weighted by Gasteiger charge is -2.07. The monoisotopic (exact) mass is 344 g/mol. The van der Waals surface area contributed by atoms with E-state index in [0.717, 1.165) is 21.6 Å². The first-order chi connectivity index (χ1) is 11.0. The summed E-state index contributed by atoms with van der Waals surface area (Å²) in [5, 5.41) is 0.363. The molecule has 0 aliphatic carbocycles. The smallest absolute Gasteiger partial charge is 0.255 e. The van der Waals surface area contributed by atoms with Gasteiger partial charge >= 0.3 is 0 Å². The molecule has 0 aliphatic heterocycles. The van der Waals surface area contributed by atoms with Crippen LogP contribution in [0, 0.1) is 13.8 Å². The number of nitrogens with one attached hydrogen (secondary N) is 1. The Morgan fingerprint density at radius 3 is 2.43 bits per heavy atom. The maximum atomic E-state index is 12.5. The number of thiazole rings is 1. The highest BCUT2D eigenvalue weighted by molar-refractivity contribution is 7.93. The van der Waals surface area contributed by atoms with Gasteiger partial charge in [0.15, 0.2) is 5.13 Å². The summed E-state index contributed by atoms with van der Waals surface area (Å²) >= 11 is 1.31. The van der Waals surface area contributed by atoms with Crippen molar-refractivity contribution in [3.63, 3.8) is 0 Å². The van der Waals surface area contributed by atoms with Crippen molar-refractivity contribution in [1.29, 1.82) is 0 Å². The number of rotatable bonds is 4. The van der Waals surface area contributed by atoms with Crippen molar-refractivity contribution >= 4 is 26.5 Å². The summed E-state index contributed by atoms with van der Waals surface area (Å²) in [4.78, 5) is 5.34. The van der Waals surface area contributed by atoms with Crippen molar-refractivity contribution in [2.75, 3.05) is 4.72 Å². The van der Waals surface area contributed by atoms with E-state index in [1.54, 1.807) is 24.4 Å². The third-order valence-corrected chi connectivity index (χ3v) is 6.00. The number of hydrogen-bond acceptors (Lipinski definition) is 4. The summed E-state index contributed by atoms with van der Waals surface area (Å²) in [6.07, 6.45) is 1.68. The van der Waals surface area contributed by atoms with E-state index in [0.29, 0.717) is 5.13 Å². The number of benzene rings is 2. The molecule has 3 rings (SSSR count). The van der Waals surface area contributed by atoms with Gasteiger partial charge in [0.2, 0.25) is 0 Å². The average molecular weight is 344 g/mol. The zero-order valence-corrected chi connectivity index (χ0v) is 14.4. The Labute approximate surface area is 139 Å². The predicted molar refractivity (Wildman–Crippen MR) is 94.3 cm³/mol. The summed E-state index contributed by atoms with van der Waals surface area (Å²) in [6.45, 7) is 3.84. The molecule has 0 aliphatic rings. The molecule has 0 radical (unpaired) electrons. The Bertz CT molecular complexity index is 932. The number of aromatic nitrogens is 1. The number of hydrogen-bond donors (Lipinski definition) is 1. The van der Waals surface area contributed by atoms with Crippen LogP contribution in [0.2, 0.25) is 0 Å². The Morgan fingerprint density at radius 1 is 1.00 bits per heavy atom. The molecule has 0 amide bonds. The van der Waals surface area contributed by atoms with Gasteiger partial charge in [0.05, 0.1) is 9.77 Å². The molecule has 3 aromatic rings. The zero-order chi connectivity index (χ0) is 16.4. The van der Waals surface area contributed by atoms with Gasteiger partial charge in [-0.1, -0.05) is 47.7 Å². The van der Waals surface area contributed by atoms with Crippen LogP contribution in [-0.2, 0) is 10.0 Å². The fraction of sp³-hybridized carbons (Fsp3) is 0.118. The number of aryl methyl sites for hydroxylation is 2. The molecule has 6 heteroatoms. The van der Waals surface area contributed by atoms with E-state index < -0.39 is 10.0 Å². The second-order valence-electron chi connectivity index (χ2n) is 5.25. The fourth-order valence-corrected chi connectivity index (χ4v) is 4.26. The Balaban J connectivity index is 1.86. The standard InChI is InChI=1S/C17H16N2O2S2/c1-12-8-9-15(10-13(12)2)23(20,21)19-17-18-11-16(22-17)14-6-4-3-5-7-14/h3-11H,1-2H3,(H,18,19). The Kier molecular flexibility index (Phi) is 4.19. The van der Waals surface area contributed by atoms with Crippen LogP contribution in [0.25, 0.3) is 10.4 Å². The van der Waals surface area contributed by atoms with Gasteiger partial charge in [-0.15, -0.1) is 0 Å². The van der Waals surface area contributed by atoms with E-state index in [1.807, 2.05) is 44.2 Å². The maximum Gasteiger partial charge on any atom is 0.263 e. The van der Waals surface area contributed by atoms with Crippen LogP contribution < -0.4 is 4.72 Å². The zero-order valence-electron chi connectivity index (χ0n) is 12.8. The van der Waals surface area contributed by atoms with Gasteiger partial charge in [0.25, 0.3) is 10.0 Å². The molecule has 0 saturated heterocycles. The number of sulfonamides is 1. The first kappa shape index (κ1) is 15.7. The summed E-state index contributed by atoms with van der Waals surface area (Å²) in [5.41, 5.74) is 3.02. The van der Waals surface area contributed by atoms with E-state index in [9.17, 15) is 8.42 Å². The Hall–Kier alpha value is -2.18. The molecule has 1 aromatic heterocycles. The minimum Gasteiger partial charge on any atom is -0.255 e. The van der Waals surface area contributed by atoms with Crippen molar-refractivity contribution in [3.05, 3.63) is 65.9 Å². The molecule has 23 heavy (non-hydrogen) atoms. The first-order valence-corrected chi connectivity index (χ1v) is 9.37.